The zero-order valence-corrected chi connectivity index (χ0v) is 9.71. The molecule has 98 valence electrons. The monoisotopic (exact) mass is 263 g/mol. The summed E-state index contributed by atoms with van der Waals surface area (Å²) >= 11 is 0. The number of primary amides is 1. The van der Waals surface area contributed by atoms with Crippen LogP contribution >= 0.6 is 0 Å². The molecule has 0 aliphatic carbocycles. The van der Waals surface area contributed by atoms with Crippen molar-refractivity contribution in [2.75, 3.05) is 5.32 Å². The van der Waals surface area contributed by atoms with Crippen molar-refractivity contribution in [3.63, 3.8) is 0 Å². The van der Waals surface area contributed by atoms with Crippen LogP contribution in [0.5, 0.6) is 0 Å². The Morgan fingerprint density at radius 2 is 2.21 bits per heavy atom. The lowest BCUT2D eigenvalue weighted by Crippen LogP contribution is -2.18. The van der Waals surface area contributed by atoms with Gasteiger partial charge in [-0.15, -0.1) is 0 Å². The minimum atomic E-state index is -0.718. The van der Waals surface area contributed by atoms with E-state index in [0.29, 0.717) is 5.69 Å². The van der Waals surface area contributed by atoms with Crippen LogP contribution in [0.4, 0.5) is 10.1 Å². The van der Waals surface area contributed by atoms with E-state index in [1.54, 1.807) is 0 Å². The summed E-state index contributed by atoms with van der Waals surface area (Å²) in [4.78, 5) is 26.0. The number of carbonyl (C=O) groups excluding carboxylic acids is 2. The molecule has 0 saturated carbocycles. The maximum absolute atomic E-state index is 13.3. The quantitative estimate of drug-likeness (QED) is 0.819. The molecule has 0 unspecified atom stereocenters. The first kappa shape index (κ1) is 12.7. The highest BCUT2D eigenvalue weighted by Gasteiger charge is 2.12. The lowest BCUT2D eigenvalue weighted by atomic mass is 10.2. The van der Waals surface area contributed by atoms with Crippen molar-refractivity contribution in [1.29, 1.82) is 0 Å². The average Bonchev–Trinajstić information content (AvgIpc) is 2.76. The predicted molar refractivity (Wildman–Crippen MR) is 63.6 cm³/mol. The van der Waals surface area contributed by atoms with Gasteiger partial charge in [-0.1, -0.05) is 0 Å². The van der Waals surface area contributed by atoms with Crippen LogP contribution in [0, 0.1) is 5.82 Å². The minimum Gasteiger partial charge on any atom is -0.368 e. The Labute approximate surface area is 107 Å². The fourth-order valence-corrected chi connectivity index (χ4v) is 1.43. The summed E-state index contributed by atoms with van der Waals surface area (Å²) in [6, 6.07) is 1.26. The molecule has 2 heterocycles. The molecule has 2 aromatic rings. The summed E-state index contributed by atoms with van der Waals surface area (Å²) < 4.78 is 14.6. The SMILES string of the molecule is NC(=O)Cn1cc(NC(=O)c2ccncc2F)cn1. The predicted octanol–water partition coefficient (Wildman–Crippen LogP) is 0.155. The van der Waals surface area contributed by atoms with Crippen molar-refractivity contribution < 1.29 is 14.0 Å². The van der Waals surface area contributed by atoms with E-state index in [0.717, 1.165) is 6.20 Å². The molecule has 0 aliphatic rings. The number of hydrogen-bond acceptors (Lipinski definition) is 4. The third kappa shape index (κ3) is 3.12. The van der Waals surface area contributed by atoms with E-state index in [4.69, 9.17) is 5.73 Å². The Morgan fingerprint density at radius 1 is 1.42 bits per heavy atom. The van der Waals surface area contributed by atoms with Gasteiger partial charge >= 0.3 is 0 Å². The van der Waals surface area contributed by atoms with Gasteiger partial charge in [0.05, 0.1) is 23.6 Å². The molecular formula is C11H10FN5O2. The van der Waals surface area contributed by atoms with Crippen molar-refractivity contribution in [1.82, 2.24) is 14.8 Å². The van der Waals surface area contributed by atoms with E-state index in [9.17, 15) is 14.0 Å². The summed E-state index contributed by atoms with van der Waals surface area (Å²) in [5, 5.41) is 6.27. The standard InChI is InChI=1S/C11H10FN5O2/c12-9-4-14-2-1-8(9)11(19)16-7-3-15-17(5-7)6-10(13)18/h1-5H,6H2,(H2,13,18)(H,16,19). The second-order valence-electron chi connectivity index (χ2n) is 3.70. The number of halogens is 1. The maximum Gasteiger partial charge on any atom is 0.258 e. The molecule has 0 radical (unpaired) electrons. The van der Waals surface area contributed by atoms with Gasteiger partial charge in [0, 0.05) is 12.4 Å². The Bertz CT molecular complexity index is 625. The zero-order valence-electron chi connectivity index (χ0n) is 9.71. The van der Waals surface area contributed by atoms with E-state index >= 15 is 0 Å². The average molecular weight is 263 g/mol. The number of carbonyl (C=O) groups is 2. The molecule has 0 aliphatic heterocycles. The Kier molecular flexibility index (Phi) is 3.51. The van der Waals surface area contributed by atoms with Crippen LogP contribution < -0.4 is 11.1 Å². The Balaban J connectivity index is 2.09. The van der Waals surface area contributed by atoms with Crippen LogP contribution in [-0.4, -0.2) is 26.6 Å². The number of hydrogen-bond donors (Lipinski definition) is 2. The number of nitrogens with two attached hydrogens (primary N) is 1. The van der Waals surface area contributed by atoms with E-state index in [1.807, 2.05) is 0 Å². The van der Waals surface area contributed by atoms with Crippen LogP contribution in [-0.2, 0) is 11.3 Å². The number of amides is 2. The number of nitrogens with zero attached hydrogens (tertiary/aromatic N) is 3. The first-order valence-electron chi connectivity index (χ1n) is 5.28. The molecule has 0 spiro atoms. The minimum absolute atomic E-state index is 0.0977. The normalized spacial score (nSPS) is 10.2. The van der Waals surface area contributed by atoms with Gasteiger partial charge in [-0.3, -0.25) is 19.3 Å². The van der Waals surface area contributed by atoms with Gasteiger partial charge in [0.1, 0.15) is 6.54 Å². The Hall–Kier alpha value is -2.77. The largest absolute Gasteiger partial charge is 0.368 e. The number of aromatic nitrogens is 3. The van der Waals surface area contributed by atoms with Crippen LogP contribution in [0.25, 0.3) is 0 Å². The van der Waals surface area contributed by atoms with E-state index in [1.165, 1.54) is 29.3 Å². The van der Waals surface area contributed by atoms with Gasteiger partial charge in [-0.2, -0.15) is 5.10 Å². The van der Waals surface area contributed by atoms with E-state index < -0.39 is 17.6 Å². The van der Waals surface area contributed by atoms with Gasteiger partial charge in [-0.25, -0.2) is 4.39 Å². The second-order valence-corrected chi connectivity index (χ2v) is 3.70. The molecule has 0 aromatic carbocycles. The molecule has 19 heavy (non-hydrogen) atoms. The topological polar surface area (TPSA) is 103 Å². The lowest BCUT2D eigenvalue weighted by molar-refractivity contribution is -0.118. The molecule has 0 saturated heterocycles. The molecule has 2 rings (SSSR count). The molecule has 3 N–H and O–H groups in total. The van der Waals surface area contributed by atoms with Crippen LogP contribution in [0.15, 0.2) is 30.9 Å². The summed E-state index contributed by atoms with van der Waals surface area (Å²) in [7, 11) is 0. The van der Waals surface area contributed by atoms with Gasteiger partial charge < -0.3 is 11.1 Å². The smallest absolute Gasteiger partial charge is 0.258 e. The summed E-state index contributed by atoms with van der Waals surface area (Å²) in [6.07, 6.45) is 5.02. The Morgan fingerprint density at radius 3 is 2.89 bits per heavy atom. The van der Waals surface area contributed by atoms with Crippen molar-refractivity contribution in [2.45, 2.75) is 6.54 Å². The fourth-order valence-electron chi connectivity index (χ4n) is 1.43. The van der Waals surface area contributed by atoms with E-state index in [-0.39, 0.29) is 12.1 Å². The third-order valence-corrected chi connectivity index (χ3v) is 2.23. The molecule has 2 aromatic heterocycles. The van der Waals surface area contributed by atoms with Crippen molar-refractivity contribution in [3.8, 4) is 0 Å². The number of rotatable bonds is 4. The van der Waals surface area contributed by atoms with Crippen molar-refractivity contribution in [2.24, 2.45) is 5.73 Å². The molecular weight excluding hydrogens is 253 g/mol. The highest BCUT2D eigenvalue weighted by molar-refractivity contribution is 6.04. The molecule has 0 fully saturated rings. The first-order chi connectivity index (χ1) is 9.06. The van der Waals surface area contributed by atoms with E-state index in [2.05, 4.69) is 15.4 Å². The third-order valence-electron chi connectivity index (χ3n) is 2.23. The maximum atomic E-state index is 13.3. The van der Waals surface area contributed by atoms with Crippen molar-refractivity contribution >= 4 is 17.5 Å². The zero-order chi connectivity index (χ0) is 13.8. The van der Waals surface area contributed by atoms with Gasteiger partial charge in [0.2, 0.25) is 5.91 Å². The van der Waals surface area contributed by atoms with Crippen LogP contribution in [0.3, 0.4) is 0 Å². The lowest BCUT2D eigenvalue weighted by Gasteiger charge is -2.02. The summed E-state index contributed by atoms with van der Waals surface area (Å²) in [6.45, 7) is -0.0977. The van der Waals surface area contributed by atoms with Crippen LogP contribution in [0.1, 0.15) is 10.4 Å². The fraction of sp³-hybridized carbons (Fsp3) is 0.0909. The molecule has 0 atom stereocenters. The first-order valence-corrected chi connectivity index (χ1v) is 5.28. The molecule has 8 heteroatoms. The molecule has 7 nitrogen and oxygen atoms in total. The van der Waals surface area contributed by atoms with Gasteiger partial charge in [-0.05, 0) is 6.07 Å². The van der Waals surface area contributed by atoms with Gasteiger partial charge in [0.25, 0.3) is 5.91 Å². The summed E-state index contributed by atoms with van der Waals surface area (Å²) in [5.41, 5.74) is 5.21. The second kappa shape index (κ2) is 5.25. The number of anilines is 1. The molecule has 2 amide bonds. The highest BCUT2D eigenvalue weighted by Crippen LogP contribution is 2.10. The number of pyridine rings is 1. The van der Waals surface area contributed by atoms with Crippen LogP contribution in [0.2, 0.25) is 0 Å². The van der Waals surface area contributed by atoms with Crippen molar-refractivity contribution in [3.05, 3.63) is 42.2 Å². The molecule has 0 bridgehead atoms. The highest BCUT2D eigenvalue weighted by atomic mass is 19.1. The summed E-state index contributed by atoms with van der Waals surface area (Å²) in [5.74, 6) is -1.90. The number of nitrogens with one attached hydrogen (secondary N) is 1. The van der Waals surface area contributed by atoms with Gasteiger partial charge in [0.15, 0.2) is 5.82 Å².